The van der Waals surface area contributed by atoms with E-state index in [0.29, 0.717) is 17.7 Å². The molecule has 9 nitrogen and oxygen atoms in total. The van der Waals surface area contributed by atoms with Gasteiger partial charge in [0, 0.05) is 69.0 Å². The Balaban J connectivity index is 1.28. The third-order valence-electron chi connectivity index (χ3n) is 7.24. The predicted octanol–water partition coefficient (Wildman–Crippen LogP) is 2.54. The maximum absolute atomic E-state index is 10.2. The quantitative estimate of drug-likeness (QED) is 0.530. The van der Waals surface area contributed by atoms with Crippen LogP contribution in [-0.4, -0.2) is 68.7 Å². The van der Waals surface area contributed by atoms with Crippen LogP contribution in [-0.2, 0) is 13.0 Å². The van der Waals surface area contributed by atoms with Crippen LogP contribution in [0.2, 0.25) is 0 Å². The molecule has 0 aliphatic carbocycles. The third kappa shape index (κ3) is 4.19. The van der Waals surface area contributed by atoms with Crippen molar-refractivity contribution in [2.75, 3.05) is 42.9 Å². The van der Waals surface area contributed by atoms with E-state index >= 15 is 0 Å². The molecule has 0 aromatic carbocycles. The zero-order chi connectivity index (χ0) is 23.1. The lowest BCUT2D eigenvalue weighted by molar-refractivity contribution is 0.130. The van der Waals surface area contributed by atoms with Crippen LogP contribution in [0.3, 0.4) is 0 Å². The second kappa shape index (κ2) is 9.05. The molecule has 1 unspecified atom stereocenters. The Morgan fingerprint density at radius 3 is 2.71 bits per heavy atom. The Hall–Kier alpha value is -2.88. The molecule has 6 rings (SSSR count). The van der Waals surface area contributed by atoms with Crippen molar-refractivity contribution in [3.8, 4) is 0 Å². The molecule has 6 heterocycles. The van der Waals surface area contributed by atoms with Gasteiger partial charge < -0.3 is 20.6 Å². The highest BCUT2D eigenvalue weighted by molar-refractivity contribution is 5.89. The fraction of sp³-hybridized carbons (Fsp3) is 0.520. The largest absolute Gasteiger partial charge is 0.387 e. The molecule has 0 bridgehead atoms. The molecule has 3 aliphatic rings. The van der Waals surface area contributed by atoms with Crippen molar-refractivity contribution in [3.63, 3.8) is 0 Å². The molecule has 3 N–H and O–H groups in total. The normalized spacial score (nSPS) is 20.1. The van der Waals surface area contributed by atoms with E-state index in [2.05, 4.69) is 31.5 Å². The predicted molar refractivity (Wildman–Crippen MR) is 132 cm³/mol. The number of piperidine rings is 1. The zero-order valence-corrected chi connectivity index (χ0v) is 19.7. The molecule has 3 aromatic heterocycles. The number of anilines is 3. The highest BCUT2D eigenvalue weighted by Gasteiger charge is 2.28. The second-order valence-electron chi connectivity index (χ2n) is 9.69. The van der Waals surface area contributed by atoms with Crippen molar-refractivity contribution in [1.82, 2.24) is 30.2 Å². The number of rotatable bonds is 5. The molecule has 9 heteroatoms. The molecule has 3 aliphatic heterocycles. The number of fused-ring (bicyclic) bond motifs is 2. The summed E-state index contributed by atoms with van der Waals surface area (Å²) in [5.41, 5.74) is 3.93. The Morgan fingerprint density at radius 2 is 1.94 bits per heavy atom. The molecular formula is C25H32N8O. The molecule has 178 valence electrons. The van der Waals surface area contributed by atoms with Crippen molar-refractivity contribution >= 4 is 28.5 Å². The van der Waals surface area contributed by atoms with Crippen LogP contribution in [0.4, 0.5) is 17.6 Å². The van der Waals surface area contributed by atoms with Gasteiger partial charge >= 0.3 is 0 Å². The number of aliphatic hydroxyl groups is 1. The van der Waals surface area contributed by atoms with Gasteiger partial charge in [-0.2, -0.15) is 0 Å². The smallest absolute Gasteiger partial charge is 0.229 e. The number of hydrogen-bond acceptors (Lipinski definition) is 9. The van der Waals surface area contributed by atoms with Gasteiger partial charge in [0.1, 0.15) is 11.3 Å². The number of pyridine rings is 2. The van der Waals surface area contributed by atoms with E-state index in [1.54, 1.807) is 6.92 Å². The maximum Gasteiger partial charge on any atom is 0.229 e. The molecule has 1 atom stereocenters. The van der Waals surface area contributed by atoms with Crippen LogP contribution in [0.15, 0.2) is 24.4 Å². The minimum atomic E-state index is -0.637. The summed E-state index contributed by atoms with van der Waals surface area (Å²) < 4.78 is 0. The van der Waals surface area contributed by atoms with Gasteiger partial charge in [0.15, 0.2) is 5.82 Å². The van der Waals surface area contributed by atoms with Crippen molar-refractivity contribution in [1.29, 1.82) is 0 Å². The van der Waals surface area contributed by atoms with E-state index in [0.717, 1.165) is 86.8 Å². The number of aromatic nitrogens is 4. The first kappa shape index (κ1) is 21.6. The Morgan fingerprint density at radius 1 is 1.09 bits per heavy atom. The first-order valence-corrected chi connectivity index (χ1v) is 12.5. The van der Waals surface area contributed by atoms with Gasteiger partial charge in [0.05, 0.1) is 11.8 Å². The summed E-state index contributed by atoms with van der Waals surface area (Å²) in [6.45, 7) is 7.87. The van der Waals surface area contributed by atoms with Gasteiger partial charge in [-0.25, -0.2) is 19.9 Å². The topological polar surface area (TPSA) is 102 Å². The minimum absolute atomic E-state index is 0.516. The van der Waals surface area contributed by atoms with E-state index < -0.39 is 6.10 Å². The van der Waals surface area contributed by atoms with Crippen LogP contribution < -0.4 is 15.5 Å². The lowest BCUT2D eigenvalue weighted by atomic mass is 10.0. The maximum atomic E-state index is 10.2. The summed E-state index contributed by atoms with van der Waals surface area (Å²) in [6.07, 6.45) is 5.67. The minimum Gasteiger partial charge on any atom is -0.387 e. The van der Waals surface area contributed by atoms with E-state index in [9.17, 15) is 5.11 Å². The average Bonchev–Trinajstić information content (AvgIpc) is 2.83. The molecule has 0 spiro atoms. The second-order valence-corrected chi connectivity index (χ2v) is 9.69. The average molecular weight is 461 g/mol. The molecule has 2 saturated heterocycles. The number of nitrogens with zero attached hydrogens (tertiary/aromatic N) is 6. The van der Waals surface area contributed by atoms with Crippen molar-refractivity contribution in [2.45, 2.75) is 51.3 Å². The van der Waals surface area contributed by atoms with Crippen molar-refractivity contribution in [3.05, 3.63) is 41.3 Å². The van der Waals surface area contributed by atoms with E-state index in [-0.39, 0.29) is 0 Å². The number of nitrogens with one attached hydrogen (secondary N) is 2. The fourth-order valence-corrected chi connectivity index (χ4v) is 5.11. The van der Waals surface area contributed by atoms with Crippen LogP contribution in [0.25, 0.3) is 10.9 Å². The molecule has 0 radical (unpaired) electrons. The summed E-state index contributed by atoms with van der Waals surface area (Å²) in [5.74, 6) is 2.12. The van der Waals surface area contributed by atoms with Gasteiger partial charge in [-0.05, 0) is 43.9 Å². The summed E-state index contributed by atoms with van der Waals surface area (Å²) in [5, 5.41) is 17.7. The van der Waals surface area contributed by atoms with Gasteiger partial charge in [0.25, 0.3) is 0 Å². The SMILES string of the molecule is CC(O)c1cc2cnc(Nc3ccc4c(n3)CCN(C3CNC3)C4)nc2c(N2CCCCC2)n1. The van der Waals surface area contributed by atoms with Crippen LogP contribution in [0.1, 0.15) is 49.2 Å². The van der Waals surface area contributed by atoms with Crippen molar-refractivity contribution < 1.29 is 5.11 Å². The summed E-state index contributed by atoms with van der Waals surface area (Å²) >= 11 is 0. The Bertz CT molecular complexity index is 1190. The van der Waals surface area contributed by atoms with Gasteiger partial charge in [-0.15, -0.1) is 0 Å². The molecule has 0 amide bonds. The highest BCUT2D eigenvalue weighted by atomic mass is 16.3. The summed E-state index contributed by atoms with van der Waals surface area (Å²) in [4.78, 5) is 23.9. The molecule has 0 saturated carbocycles. The molecule has 34 heavy (non-hydrogen) atoms. The Kier molecular flexibility index (Phi) is 5.76. The fourth-order valence-electron chi connectivity index (χ4n) is 5.11. The van der Waals surface area contributed by atoms with Gasteiger partial charge in [0.2, 0.25) is 5.95 Å². The molecular weight excluding hydrogens is 428 g/mol. The van der Waals surface area contributed by atoms with Crippen LogP contribution in [0, 0.1) is 0 Å². The summed E-state index contributed by atoms with van der Waals surface area (Å²) in [6, 6.07) is 6.75. The number of aliphatic hydroxyl groups excluding tert-OH is 1. The third-order valence-corrected chi connectivity index (χ3v) is 7.24. The lowest BCUT2D eigenvalue weighted by Crippen LogP contribution is -2.58. The first-order valence-electron chi connectivity index (χ1n) is 12.5. The highest BCUT2D eigenvalue weighted by Crippen LogP contribution is 2.30. The molecule has 3 aromatic rings. The monoisotopic (exact) mass is 460 g/mol. The van der Waals surface area contributed by atoms with E-state index in [4.69, 9.17) is 15.0 Å². The standard InChI is InChI=1S/C25H32N8O/c1-16(34)21-11-18-12-27-25(31-23(18)24(29-21)32-8-3-2-4-9-32)30-22-6-5-17-15-33(19-13-26-14-19)10-7-20(17)28-22/h5-6,11-12,16,19,26,34H,2-4,7-10,13-15H2,1H3,(H,27,28,30,31). The first-order chi connectivity index (χ1) is 16.6. The Labute approximate surface area is 199 Å². The van der Waals surface area contributed by atoms with E-state index in [1.807, 2.05) is 18.3 Å². The van der Waals surface area contributed by atoms with Crippen LogP contribution >= 0.6 is 0 Å². The summed E-state index contributed by atoms with van der Waals surface area (Å²) in [7, 11) is 0. The van der Waals surface area contributed by atoms with Crippen molar-refractivity contribution in [2.24, 2.45) is 0 Å². The molecule has 2 fully saturated rings. The van der Waals surface area contributed by atoms with E-state index in [1.165, 1.54) is 12.0 Å². The zero-order valence-electron chi connectivity index (χ0n) is 19.7. The number of hydrogen-bond donors (Lipinski definition) is 3. The van der Waals surface area contributed by atoms with Gasteiger partial charge in [-0.3, -0.25) is 4.90 Å². The van der Waals surface area contributed by atoms with Crippen LogP contribution in [0.5, 0.6) is 0 Å². The van der Waals surface area contributed by atoms with Gasteiger partial charge in [-0.1, -0.05) is 6.07 Å². The lowest BCUT2D eigenvalue weighted by Gasteiger charge is -2.40.